The van der Waals surface area contributed by atoms with E-state index in [0.717, 1.165) is 4.47 Å². The summed E-state index contributed by atoms with van der Waals surface area (Å²) in [6.07, 6.45) is 0.157. The first-order chi connectivity index (χ1) is 9.42. The van der Waals surface area contributed by atoms with Crippen LogP contribution in [0.2, 0.25) is 0 Å². The van der Waals surface area contributed by atoms with E-state index in [1.165, 1.54) is 6.07 Å². The summed E-state index contributed by atoms with van der Waals surface area (Å²) in [6, 6.07) is 13.3. The van der Waals surface area contributed by atoms with E-state index in [1.54, 1.807) is 43.3 Å². The molecule has 2 aromatic carbocycles. The molecule has 0 bridgehead atoms. The Morgan fingerprint density at radius 2 is 1.90 bits per heavy atom. The summed E-state index contributed by atoms with van der Waals surface area (Å²) in [5.74, 6) is -0.345. The van der Waals surface area contributed by atoms with E-state index < -0.39 is 5.60 Å². The maximum absolute atomic E-state index is 13.8. The van der Waals surface area contributed by atoms with E-state index >= 15 is 0 Å². The minimum absolute atomic E-state index is 0.157. The van der Waals surface area contributed by atoms with Crippen molar-refractivity contribution in [2.24, 2.45) is 0 Å². The Balaban J connectivity index is 2.30. The normalized spacial score (nSPS) is 13.6. The van der Waals surface area contributed by atoms with Gasteiger partial charge in [0, 0.05) is 10.9 Å². The van der Waals surface area contributed by atoms with Crippen LogP contribution in [0.3, 0.4) is 0 Å². The van der Waals surface area contributed by atoms with Gasteiger partial charge in [-0.15, -0.1) is 0 Å². The quantitative estimate of drug-likeness (QED) is 0.925. The van der Waals surface area contributed by atoms with Gasteiger partial charge in [-0.1, -0.05) is 28.1 Å². The van der Waals surface area contributed by atoms with Gasteiger partial charge in [0.15, 0.2) is 0 Å². The third kappa shape index (κ3) is 3.24. The standard InChI is InChI=1S/C16H13BrFNO/c1-16(20,13-4-2-11(10-19)3-5-13)9-12-8-14(17)6-7-15(12)18/h2-8,20H,9H2,1H3. The van der Waals surface area contributed by atoms with Crippen molar-refractivity contribution in [3.8, 4) is 6.07 Å². The molecule has 1 N–H and O–H groups in total. The van der Waals surface area contributed by atoms with Crippen molar-refractivity contribution in [2.45, 2.75) is 18.9 Å². The highest BCUT2D eigenvalue weighted by molar-refractivity contribution is 9.10. The van der Waals surface area contributed by atoms with Gasteiger partial charge in [0.2, 0.25) is 0 Å². The lowest BCUT2D eigenvalue weighted by Crippen LogP contribution is -2.24. The molecule has 0 saturated carbocycles. The average Bonchev–Trinajstić information content (AvgIpc) is 2.43. The summed E-state index contributed by atoms with van der Waals surface area (Å²) >= 11 is 3.29. The number of rotatable bonds is 3. The fourth-order valence-corrected chi connectivity index (χ4v) is 2.46. The molecule has 0 aromatic heterocycles. The van der Waals surface area contributed by atoms with Crippen LogP contribution >= 0.6 is 15.9 Å². The number of nitriles is 1. The molecule has 2 aromatic rings. The number of aliphatic hydroxyl groups is 1. The molecule has 20 heavy (non-hydrogen) atoms. The molecule has 102 valence electrons. The van der Waals surface area contributed by atoms with Crippen molar-refractivity contribution in [3.63, 3.8) is 0 Å². The topological polar surface area (TPSA) is 44.0 Å². The van der Waals surface area contributed by atoms with Gasteiger partial charge in [-0.3, -0.25) is 0 Å². The van der Waals surface area contributed by atoms with Crippen molar-refractivity contribution in [1.29, 1.82) is 5.26 Å². The van der Waals surface area contributed by atoms with Gasteiger partial charge in [-0.2, -0.15) is 5.26 Å². The van der Waals surface area contributed by atoms with Crippen LogP contribution in [0.4, 0.5) is 4.39 Å². The van der Waals surface area contributed by atoms with Crippen LogP contribution in [0, 0.1) is 17.1 Å². The monoisotopic (exact) mass is 333 g/mol. The summed E-state index contributed by atoms with van der Waals surface area (Å²) in [5, 5.41) is 19.3. The van der Waals surface area contributed by atoms with Crippen LogP contribution in [-0.2, 0) is 12.0 Å². The number of halogens is 2. The van der Waals surface area contributed by atoms with Crippen molar-refractivity contribution in [3.05, 3.63) is 69.4 Å². The van der Waals surface area contributed by atoms with Gasteiger partial charge in [0.25, 0.3) is 0 Å². The molecule has 0 aliphatic carbocycles. The number of benzene rings is 2. The lowest BCUT2D eigenvalue weighted by atomic mass is 9.88. The van der Waals surface area contributed by atoms with Crippen molar-refractivity contribution >= 4 is 15.9 Å². The van der Waals surface area contributed by atoms with E-state index in [0.29, 0.717) is 16.7 Å². The number of nitrogens with zero attached hydrogens (tertiary/aromatic N) is 1. The molecular formula is C16H13BrFNO. The van der Waals surface area contributed by atoms with Crippen LogP contribution in [0.1, 0.15) is 23.6 Å². The fraction of sp³-hybridized carbons (Fsp3) is 0.188. The second kappa shape index (κ2) is 5.74. The highest BCUT2D eigenvalue weighted by Crippen LogP contribution is 2.28. The Morgan fingerprint density at radius 1 is 1.25 bits per heavy atom. The van der Waals surface area contributed by atoms with Gasteiger partial charge in [-0.05, 0) is 48.4 Å². The Hall–Kier alpha value is -1.70. The Kier molecular flexibility index (Phi) is 4.22. The third-order valence-electron chi connectivity index (χ3n) is 3.18. The summed E-state index contributed by atoms with van der Waals surface area (Å²) in [4.78, 5) is 0. The second-order valence-corrected chi connectivity index (χ2v) is 5.79. The van der Waals surface area contributed by atoms with Crippen molar-refractivity contribution in [1.82, 2.24) is 0 Å². The van der Waals surface area contributed by atoms with Gasteiger partial charge < -0.3 is 5.11 Å². The second-order valence-electron chi connectivity index (χ2n) is 4.88. The first kappa shape index (κ1) is 14.7. The molecule has 1 atom stereocenters. The summed E-state index contributed by atoms with van der Waals surface area (Å²) < 4.78 is 14.5. The minimum Gasteiger partial charge on any atom is -0.385 e. The molecular weight excluding hydrogens is 321 g/mol. The Bertz CT molecular complexity index is 659. The van der Waals surface area contributed by atoms with Gasteiger partial charge >= 0.3 is 0 Å². The third-order valence-corrected chi connectivity index (χ3v) is 3.67. The highest BCUT2D eigenvalue weighted by atomic mass is 79.9. The van der Waals surface area contributed by atoms with Crippen LogP contribution in [0.5, 0.6) is 0 Å². The van der Waals surface area contributed by atoms with E-state index in [9.17, 15) is 9.50 Å². The van der Waals surface area contributed by atoms with E-state index in [4.69, 9.17) is 5.26 Å². The Morgan fingerprint density at radius 3 is 2.50 bits per heavy atom. The molecule has 0 spiro atoms. The van der Waals surface area contributed by atoms with Gasteiger partial charge in [0.05, 0.1) is 17.2 Å². The lowest BCUT2D eigenvalue weighted by Gasteiger charge is -2.24. The van der Waals surface area contributed by atoms with E-state index in [1.807, 2.05) is 6.07 Å². The summed E-state index contributed by atoms with van der Waals surface area (Å²) in [7, 11) is 0. The van der Waals surface area contributed by atoms with E-state index in [-0.39, 0.29) is 12.2 Å². The molecule has 2 rings (SSSR count). The molecule has 1 unspecified atom stereocenters. The molecule has 0 saturated heterocycles. The van der Waals surface area contributed by atoms with Crippen molar-refractivity contribution < 1.29 is 9.50 Å². The van der Waals surface area contributed by atoms with Crippen LogP contribution < -0.4 is 0 Å². The lowest BCUT2D eigenvalue weighted by molar-refractivity contribution is 0.0567. The maximum atomic E-state index is 13.8. The van der Waals surface area contributed by atoms with Crippen molar-refractivity contribution in [2.75, 3.05) is 0 Å². The highest BCUT2D eigenvalue weighted by Gasteiger charge is 2.25. The first-order valence-corrected chi connectivity index (χ1v) is 6.88. The molecule has 0 aliphatic rings. The average molecular weight is 334 g/mol. The molecule has 0 amide bonds. The van der Waals surface area contributed by atoms with Gasteiger partial charge in [0.1, 0.15) is 5.82 Å². The Labute approximate surface area is 125 Å². The molecule has 2 nitrogen and oxygen atoms in total. The molecule has 0 heterocycles. The molecule has 4 heteroatoms. The predicted octanol–water partition coefficient (Wildman–Crippen LogP) is 3.91. The number of hydrogen-bond donors (Lipinski definition) is 1. The summed E-state index contributed by atoms with van der Waals surface area (Å²) in [6.45, 7) is 1.63. The maximum Gasteiger partial charge on any atom is 0.126 e. The van der Waals surface area contributed by atoms with Gasteiger partial charge in [-0.25, -0.2) is 4.39 Å². The van der Waals surface area contributed by atoms with Crippen LogP contribution in [0.25, 0.3) is 0 Å². The SMILES string of the molecule is CC(O)(Cc1cc(Br)ccc1F)c1ccc(C#N)cc1. The zero-order chi connectivity index (χ0) is 14.8. The smallest absolute Gasteiger partial charge is 0.126 e. The number of hydrogen-bond acceptors (Lipinski definition) is 2. The fourth-order valence-electron chi connectivity index (χ4n) is 2.06. The zero-order valence-corrected chi connectivity index (χ0v) is 12.5. The molecule has 0 radical (unpaired) electrons. The molecule has 0 aliphatic heterocycles. The van der Waals surface area contributed by atoms with E-state index in [2.05, 4.69) is 15.9 Å². The molecule has 0 fully saturated rings. The largest absolute Gasteiger partial charge is 0.385 e. The van der Waals surface area contributed by atoms with Crippen LogP contribution in [-0.4, -0.2) is 5.11 Å². The van der Waals surface area contributed by atoms with Crippen LogP contribution in [0.15, 0.2) is 46.9 Å². The predicted molar refractivity (Wildman–Crippen MR) is 78.5 cm³/mol. The first-order valence-electron chi connectivity index (χ1n) is 6.09. The zero-order valence-electron chi connectivity index (χ0n) is 10.9. The minimum atomic E-state index is -1.20. The summed E-state index contributed by atoms with van der Waals surface area (Å²) in [5.41, 5.74) is 0.415.